The van der Waals surface area contributed by atoms with E-state index in [0.29, 0.717) is 27.6 Å². The van der Waals surface area contributed by atoms with Crippen molar-refractivity contribution in [2.75, 3.05) is 14.2 Å². The molecule has 2 aromatic carbocycles. The first kappa shape index (κ1) is 21.3. The standard InChI is InChI=1S/C22H22N2O5S/c1-13-20(30-22(23-13)14-7-5-4-6-8-14)21(27)24-16(12-19(25)26)15-9-10-17(28-2)18(11-15)29-3/h4-11,16H,12H2,1-3H3,(H,24,27)(H,25,26). The van der Waals surface area contributed by atoms with Gasteiger partial charge in [0.2, 0.25) is 0 Å². The molecule has 0 spiro atoms. The summed E-state index contributed by atoms with van der Waals surface area (Å²) in [6.07, 6.45) is -0.273. The quantitative estimate of drug-likeness (QED) is 0.563. The van der Waals surface area contributed by atoms with E-state index in [1.54, 1.807) is 25.1 Å². The van der Waals surface area contributed by atoms with Crippen LogP contribution in [0.1, 0.15) is 33.4 Å². The Labute approximate surface area is 178 Å². The Morgan fingerprint density at radius 3 is 2.43 bits per heavy atom. The van der Waals surface area contributed by atoms with E-state index < -0.39 is 12.0 Å². The number of hydrogen-bond donors (Lipinski definition) is 2. The molecule has 0 saturated carbocycles. The first-order valence-corrected chi connectivity index (χ1v) is 10.0. The van der Waals surface area contributed by atoms with Gasteiger partial charge in [0.05, 0.1) is 32.4 Å². The van der Waals surface area contributed by atoms with E-state index in [1.165, 1.54) is 25.6 Å². The van der Waals surface area contributed by atoms with E-state index in [0.717, 1.165) is 10.6 Å². The summed E-state index contributed by atoms with van der Waals surface area (Å²) in [6.45, 7) is 1.76. The molecule has 0 radical (unpaired) electrons. The van der Waals surface area contributed by atoms with Crippen molar-refractivity contribution in [2.45, 2.75) is 19.4 Å². The third-order valence-electron chi connectivity index (χ3n) is 4.52. The van der Waals surface area contributed by atoms with E-state index >= 15 is 0 Å². The second kappa shape index (κ2) is 9.41. The van der Waals surface area contributed by atoms with Crippen molar-refractivity contribution in [1.82, 2.24) is 10.3 Å². The van der Waals surface area contributed by atoms with Crippen molar-refractivity contribution in [2.24, 2.45) is 0 Å². The fourth-order valence-corrected chi connectivity index (χ4v) is 4.01. The highest BCUT2D eigenvalue weighted by Gasteiger charge is 2.23. The first-order valence-electron chi connectivity index (χ1n) is 9.20. The Balaban J connectivity index is 1.88. The van der Waals surface area contributed by atoms with E-state index in [4.69, 9.17) is 9.47 Å². The predicted molar refractivity (Wildman–Crippen MR) is 114 cm³/mol. The molecule has 2 N–H and O–H groups in total. The van der Waals surface area contributed by atoms with Crippen molar-refractivity contribution >= 4 is 23.2 Å². The second-order valence-corrected chi connectivity index (χ2v) is 7.54. The number of aliphatic carboxylic acids is 1. The Hall–Kier alpha value is -3.39. The fourth-order valence-electron chi connectivity index (χ4n) is 3.03. The van der Waals surface area contributed by atoms with Gasteiger partial charge < -0.3 is 19.9 Å². The number of rotatable bonds is 8. The van der Waals surface area contributed by atoms with Crippen LogP contribution in [0.25, 0.3) is 10.6 Å². The molecule has 1 amide bonds. The van der Waals surface area contributed by atoms with Gasteiger partial charge in [0, 0.05) is 5.56 Å². The van der Waals surface area contributed by atoms with Crippen LogP contribution in [0.4, 0.5) is 0 Å². The number of benzene rings is 2. The van der Waals surface area contributed by atoms with E-state index in [1.807, 2.05) is 30.3 Å². The van der Waals surface area contributed by atoms with Gasteiger partial charge in [-0.2, -0.15) is 0 Å². The molecule has 0 aliphatic rings. The number of carbonyl (C=O) groups is 2. The number of carboxylic acids is 1. The highest BCUT2D eigenvalue weighted by atomic mass is 32.1. The zero-order valence-electron chi connectivity index (χ0n) is 16.8. The van der Waals surface area contributed by atoms with Gasteiger partial charge in [-0.25, -0.2) is 4.98 Å². The summed E-state index contributed by atoms with van der Waals surface area (Å²) in [5, 5.41) is 12.9. The van der Waals surface area contributed by atoms with Crippen LogP contribution in [0.5, 0.6) is 11.5 Å². The molecular weight excluding hydrogens is 404 g/mol. The summed E-state index contributed by atoms with van der Waals surface area (Å²) in [6, 6.07) is 13.9. The zero-order valence-corrected chi connectivity index (χ0v) is 17.7. The van der Waals surface area contributed by atoms with Crippen LogP contribution in [0, 0.1) is 6.92 Å². The lowest BCUT2D eigenvalue weighted by atomic mass is 10.0. The van der Waals surface area contributed by atoms with Crippen LogP contribution in [-0.4, -0.2) is 36.2 Å². The molecule has 30 heavy (non-hydrogen) atoms. The minimum absolute atomic E-state index is 0.273. The smallest absolute Gasteiger partial charge is 0.305 e. The molecule has 0 aliphatic carbocycles. The molecule has 156 valence electrons. The lowest BCUT2D eigenvalue weighted by Gasteiger charge is -2.19. The zero-order chi connectivity index (χ0) is 21.7. The van der Waals surface area contributed by atoms with Gasteiger partial charge in [0.25, 0.3) is 5.91 Å². The molecule has 0 fully saturated rings. The normalized spacial score (nSPS) is 11.6. The Bertz CT molecular complexity index is 1050. The largest absolute Gasteiger partial charge is 0.493 e. The number of nitrogens with zero attached hydrogens (tertiary/aromatic N) is 1. The van der Waals surface area contributed by atoms with Gasteiger partial charge in [-0.15, -0.1) is 11.3 Å². The average Bonchev–Trinajstić information content (AvgIpc) is 3.14. The SMILES string of the molecule is COc1ccc(C(CC(=O)O)NC(=O)c2sc(-c3ccccc3)nc2C)cc1OC. The van der Waals surface area contributed by atoms with Crippen molar-refractivity contribution in [3.63, 3.8) is 0 Å². The lowest BCUT2D eigenvalue weighted by molar-refractivity contribution is -0.137. The van der Waals surface area contributed by atoms with Crippen molar-refractivity contribution < 1.29 is 24.2 Å². The number of aryl methyl sites for hydroxylation is 1. The van der Waals surface area contributed by atoms with Gasteiger partial charge in [-0.3, -0.25) is 9.59 Å². The van der Waals surface area contributed by atoms with Crippen LogP contribution in [-0.2, 0) is 4.79 Å². The number of aromatic nitrogens is 1. The minimum atomic E-state index is -1.03. The average molecular weight is 426 g/mol. The summed E-state index contributed by atoms with van der Waals surface area (Å²) in [7, 11) is 3.02. The number of methoxy groups -OCH3 is 2. The molecule has 1 unspecified atom stereocenters. The molecule has 1 heterocycles. The van der Waals surface area contributed by atoms with Crippen LogP contribution in [0.15, 0.2) is 48.5 Å². The minimum Gasteiger partial charge on any atom is -0.493 e. The van der Waals surface area contributed by atoms with Crippen molar-refractivity contribution in [1.29, 1.82) is 0 Å². The van der Waals surface area contributed by atoms with E-state index in [2.05, 4.69) is 10.3 Å². The maximum Gasteiger partial charge on any atom is 0.305 e. The molecule has 7 nitrogen and oxygen atoms in total. The summed E-state index contributed by atoms with van der Waals surface area (Å²) < 4.78 is 10.5. The van der Waals surface area contributed by atoms with Crippen LogP contribution in [0.2, 0.25) is 0 Å². The Kier molecular flexibility index (Phi) is 6.68. The van der Waals surface area contributed by atoms with E-state index in [9.17, 15) is 14.7 Å². The third-order valence-corrected chi connectivity index (χ3v) is 5.72. The van der Waals surface area contributed by atoms with Crippen LogP contribution in [0.3, 0.4) is 0 Å². The molecule has 1 aromatic heterocycles. The molecule has 3 rings (SSSR count). The van der Waals surface area contributed by atoms with Gasteiger partial charge in [-0.1, -0.05) is 36.4 Å². The first-order chi connectivity index (χ1) is 14.4. The maximum atomic E-state index is 13.0. The predicted octanol–water partition coefficient (Wildman–Crippen LogP) is 4.08. The second-order valence-electron chi connectivity index (χ2n) is 6.54. The molecule has 1 atom stereocenters. The van der Waals surface area contributed by atoms with Gasteiger partial charge in [0.15, 0.2) is 11.5 Å². The molecule has 8 heteroatoms. The van der Waals surface area contributed by atoms with Gasteiger partial charge >= 0.3 is 5.97 Å². The van der Waals surface area contributed by atoms with Crippen molar-refractivity contribution in [3.05, 3.63) is 64.7 Å². The summed E-state index contributed by atoms with van der Waals surface area (Å²) in [5.41, 5.74) is 2.12. The molecule has 0 aliphatic heterocycles. The number of carboxylic acid groups (broad SMARTS) is 1. The van der Waals surface area contributed by atoms with Crippen LogP contribution >= 0.6 is 11.3 Å². The van der Waals surface area contributed by atoms with E-state index in [-0.39, 0.29) is 12.3 Å². The Morgan fingerprint density at radius 2 is 1.80 bits per heavy atom. The number of hydrogen-bond acceptors (Lipinski definition) is 6. The monoisotopic (exact) mass is 426 g/mol. The van der Waals surface area contributed by atoms with Gasteiger partial charge in [-0.05, 0) is 24.6 Å². The lowest BCUT2D eigenvalue weighted by Crippen LogP contribution is -2.30. The number of thiazole rings is 1. The molecule has 0 bridgehead atoms. The summed E-state index contributed by atoms with van der Waals surface area (Å²) in [4.78, 5) is 29.3. The van der Waals surface area contributed by atoms with Crippen LogP contribution < -0.4 is 14.8 Å². The third kappa shape index (κ3) is 4.77. The molecular formula is C22H22N2O5S. The number of nitrogens with one attached hydrogen (secondary N) is 1. The summed E-state index contributed by atoms with van der Waals surface area (Å²) >= 11 is 1.28. The Morgan fingerprint density at radius 1 is 1.10 bits per heavy atom. The van der Waals surface area contributed by atoms with Crippen molar-refractivity contribution in [3.8, 4) is 22.1 Å². The molecule has 0 saturated heterocycles. The number of amides is 1. The fraction of sp³-hybridized carbons (Fsp3) is 0.227. The topological polar surface area (TPSA) is 97.8 Å². The number of ether oxygens (including phenoxy) is 2. The highest BCUT2D eigenvalue weighted by molar-refractivity contribution is 7.17. The summed E-state index contributed by atoms with van der Waals surface area (Å²) in [5.74, 6) is -0.415. The van der Waals surface area contributed by atoms with Gasteiger partial charge in [0.1, 0.15) is 9.88 Å². The highest BCUT2D eigenvalue weighted by Crippen LogP contribution is 2.32. The molecule has 3 aromatic rings. The number of carbonyl (C=O) groups excluding carboxylic acids is 1. The maximum absolute atomic E-state index is 13.0.